The zero-order chi connectivity index (χ0) is 25.0. The molecule has 5 rings (SSSR count). The van der Waals surface area contributed by atoms with Crippen molar-refractivity contribution in [1.29, 1.82) is 0 Å². The Balaban J connectivity index is 1.65. The molecule has 1 fully saturated rings. The smallest absolute Gasteiger partial charge is 0.268 e. The summed E-state index contributed by atoms with van der Waals surface area (Å²) < 4.78 is 69.6. The molecule has 0 spiro atoms. The zero-order valence-electron chi connectivity index (χ0n) is 19.6. The summed E-state index contributed by atoms with van der Waals surface area (Å²) in [6.07, 6.45) is 3.36. The van der Waals surface area contributed by atoms with Crippen molar-refractivity contribution in [2.45, 2.75) is 46.5 Å². The van der Waals surface area contributed by atoms with Crippen LogP contribution in [0.5, 0.6) is 0 Å². The largest absolute Gasteiger partial charge is 0.306 e. The van der Waals surface area contributed by atoms with Gasteiger partial charge in [-0.2, -0.15) is 0 Å². The van der Waals surface area contributed by atoms with Gasteiger partial charge in [0.25, 0.3) is 10.0 Å². The van der Waals surface area contributed by atoms with Crippen molar-refractivity contribution in [2.75, 3.05) is 20.1 Å². The quantitative estimate of drug-likeness (QED) is 0.523. The maximum atomic E-state index is 14.3. The molecule has 3 aromatic rings. The molecule has 0 N–H and O–H groups in total. The fourth-order valence-corrected chi connectivity index (χ4v) is 8.05. The lowest BCUT2D eigenvalue weighted by Crippen LogP contribution is -2.37. The van der Waals surface area contributed by atoms with Gasteiger partial charge in [0.05, 0.1) is 20.0 Å². The van der Waals surface area contributed by atoms with Gasteiger partial charge in [0.15, 0.2) is 0 Å². The van der Waals surface area contributed by atoms with Gasteiger partial charge in [-0.1, -0.05) is 30.3 Å². The van der Waals surface area contributed by atoms with Gasteiger partial charge >= 0.3 is 0 Å². The van der Waals surface area contributed by atoms with Gasteiger partial charge in [-0.05, 0) is 74.3 Å². The molecule has 1 aromatic heterocycles. The Morgan fingerprint density at radius 1 is 1.00 bits per heavy atom. The lowest BCUT2D eigenvalue weighted by molar-refractivity contribution is 0.411. The fourth-order valence-electron chi connectivity index (χ4n) is 5.04. The number of likely N-dealkylation sites (tertiary alicyclic amines) is 1. The molecule has 0 bridgehead atoms. The Morgan fingerprint density at radius 3 is 2.40 bits per heavy atom. The van der Waals surface area contributed by atoms with E-state index >= 15 is 0 Å². The van der Waals surface area contributed by atoms with Gasteiger partial charge in [-0.3, -0.25) is 0 Å². The average Bonchev–Trinajstić information content (AvgIpc) is 3.43. The van der Waals surface area contributed by atoms with Crippen molar-refractivity contribution in [2.24, 2.45) is 0 Å². The number of benzene rings is 2. The molecule has 9 heteroatoms. The Labute approximate surface area is 205 Å². The van der Waals surface area contributed by atoms with Crippen LogP contribution < -0.4 is 10.6 Å². The van der Waals surface area contributed by atoms with Crippen LogP contribution in [0.4, 0.5) is 4.39 Å². The summed E-state index contributed by atoms with van der Waals surface area (Å²) >= 11 is 0. The molecule has 2 aliphatic rings. The molecule has 184 valence electrons. The van der Waals surface area contributed by atoms with Crippen LogP contribution in [0.15, 0.2) is 69.4 Å². The summed E-state index contributed by atoms with van der Waals surface area (Å²) in [7, 11) is -6.12. The van der Waals surface area contributed by atoms with Gasteiger partial charge < -0.3 is 4.90 Å². The summed E-state index contributed by atoms with van der Waals surface area (Å²) in [4.78, 5) is 2.13. The maximum Gasteiger partial charge on any atom is 0.268 e. The van der Waals surface area contributed by atoms with Crippen LogP contribution in [0, 0.1) is 6.92 Å². The molecule has 35 heavy (non-hydrogen) atoms. The molecule has 0 radical (unpaired) electrons. The minimum Gasteiger partial charge on any atom is -0.306 e. The molecule has 1 saturated heterocycles. The fraction of sp³-hybridized carbons (Fsp3) is 0.308. The summed E-state index contributed by atoms with van der Waals surface area (Å²) in [5, 5.41) is 0.256. The molecule has 2 atom stereocenters. The number of hydrogen-bond donors (Lipinski definition) is 0. The van der Waals surface area contributed by atoms with Gasteiger partial charge in [-0.25, -0.2) is 25.2 Å². The number of nitrogens with zero attached hydrogens (tertiary/aromatic N) is 2. The lowest BCUT2D eigenvalue weighted by atomic mass is 9.94. The second-order valence-electron chi connectivity index (χ2n) is 9.30. The number of halogens is 1. The van der Waals surface area contributed by atoms with E-state index in [1.165, 1.54) is 24.3 Å². The van der Waals surface area contributed by atoms with Gasteiger partial charge in [0.2, 0.25) is 9.84 Å². The van der Waals surface area contributed by atoms with Crippen molar-refractivity contribution in [1.82, 2.24) is 8.87 Å². The molecule has 0 saturated carbocycles. The summed E-state index contributed by atoms with van der Waals surface area (Å²) in [6.45, 7) is 3.81. The maximum absolute atomic E-state index is 14.3. The third kappa shape index (κ3) is 4.15. The summed E-state index contributed by atoms with van der Waals surface area (Å²) in [5.41, 5.74) is 1.98. The first-order valence-electron chi connectivity index (χ1n) is 11.5. The van der Waals surface area contributed by atoms with E-state index < -0.39 is 26.0 Å². The number of aromatic nitrogens is 1. The monoisotopic (exact) mass is 514 g/mol. The van der Waals surface area contributed by atoms with Crippen molar-refractivity contribution in [3.05, 3.63) is 76.4 Å². The Bertz CT molecular complexity index is 1630. The van der Waals surface area contributed by atoms with Gasteiger partial charge in [-0.15, -0.1) is 0 Å². The standard InChI is InChI=1S/C26H27FN2O4S2/c1-18-14-22(9-10-23(18)19-12-13-28(2)16-19)34(30,31)26-17-29(25-11-8-20(27)15-24(25)26)35(32,33)21-6-4-3-5-7-21/h3-7,9-11,14-15,17,19-20H,8,12-13,16H2,1-2H3. The Morgan fingerprint density at radius 2 is 1.74 bits per heavy atom. The number of likely N-dealkylation sites (N-methyl/N-ethyl adjacent to an activating group) is 1. The number of sulfone groups is 1. The van der Waals surface area contributed by atoms with E-state index in [2.05, 4.69) is 11.9 Å². The highest BCUT2D eigenvalue weighted by atomic mass is 32.2. The van der Waals surface area contributed by atoms with Crippen LogP contribution in [0.2, 0.25) is 0 Å². The molecule has 1 aliphatic heterocycles. The Kier molecular flexibility index (Phi) is 5.97. The molecular weight excluding hydrogens is 487 g/mol. The first kappa shape index (κ1) is 24.0. The third-order valence-corrected chi connectivity index (χ3v) is 10.3. The second kappa shape index (κ2) is 8.72. The van der Waals surface area contributed by atoms with Crippen molar-refractivity contribution >= 4 is 32.0 Å². The van der Waals surface area contributed by atoms with Crippen LogP contribution in [-0.4, -0.2) is 52.0 Å². The minimum atomic E-state index is -4.11. The third-order valence-electron chi connectivity index (χ3n) is 6.87. The number of rotatable bonds is 5. The molecule has 2 aromatic carbocycles. The number of hydrogen-bond acceptors (Lipinski definition) is 5. The van der Waals surface area contributed by atoms with Crippen LogP contribution >= 0.6 is 0 Å². The minimum absolute atomic E-state index is 0.0234. The van der Waals surface area contributed by atoms with Crippen molar-refractivity contribution in [3.63, 3.8) is 0 Å². The Hall–Kier alpha value is -2.75. The molecular formula is C26H27FN2O4S2. The number of aryl methyl sites for hydroxylation is 1. The van der Waals surface area contributed by atoms with Crippen LogP contribution in [-0.2, 0) is 19.9 Å². The van der Waals surface area contributed by atoms with Gasteiger partial charge in [0, 0.05) is 24.4 Å². The number of alkyl halides is 1. The first-order chi connectivity index (χ1) is 16.6. The predicted molar refractivity (Wildman–Crippen MR) is 133 cm³/mol. The van der Waals surface area contributed by atoms with Crippen molar-refractivity contribution in [3.8, 4) is 0 Å². The van der Waals surface area contributed by atoms with Crippen LogP contribution in [0.25, 0.3) is 12.2 Å². The highest BCUT2D eigenvalue weighted by Crippen LogP contribution is 2.31. The molecule has 2 heterocycles. The highest BCUT2D eigenvalue weighted by Gasteiger charge is 2.29. The van der Waals surface area contributed by atoms with Gasteiger partial charge in [0.1, 0.15) is 6.17 Å². The van der Waals surface area contributed by atoms with E-state index in [9.17, 15) is 21.2 Å². The highest BCUT2D eigenvalue weighted by molar-refractivity contribution is 7.92. The molecule has 2 unspecified atom stereocenters. The summed E-state index contributed by atoms with van der Waals surface area (Å²) in [6, 6.07) is 12.8. The van der Waals surface area contributed by atoms with E-state index in [1.54, 1.807) is 30.3 Å². The van der Waals surface area contributed by atoms with E-state index in [0.717, 1.165) is 40.8 Å². The average molecular weight is 515 g/mol. The molecule has 1 aliphatic carbocycles. The van der Waals surface area contributed by atoms with Crippen molar-refractivity contribution < 1.29 is 21.2 Å². The van der Waals surface area contributed by atoms with E-state index in [0.29, 0.717) is 5.92 Å². The lowest BCUT2D eigenvalue weighted by Gasteiger charge is -2.15. The molecule has 6 nitrogen and oxygen atoms in total. The second-order valence-corrected chi connectivity index (χ2v) is 13.0. The predicted octanol–water partition coefficient (Wildman–Crippen LogP) is 2.59. The van der Waals surface area contributed by atoms with E-state index in [1.807, 2.05) is 13.0 Å². The molecule has 0 amide bonds. The zero-order valence-corrected chi connectivity index (χ0v) is 21.2. The van der Waals surface area contributed by atoms with E-state index in [4.69, 9.17) is 0 Å². The first-order valence-corrected chi connectivity index (χ1v) is 14.4. The van der Waals surface area contributed by atoms with Crippen LogP contribution in [0.1, 0.15) is 29.9 Å². The van der Waals surface area contributed by atoms with Crippen LogP contribution in [0.3, 0.4) is 0 Å². The SMILES string of the molecule is Cc1cc(S(=O)(=O)c2cn(S(=O)(=O)c3ccccc3)c3c2=CC(F)CC=3)ccc1C1CCN(C)C1. The summed E-state index contributed by atoms with van der Waals surface area (Å²) in [5.74, 6) is 0.344. The van der Waals surface area contributed by atoms with E-state index in [-0.39, 0.29) is 31.7 Å². The normalized spacial score (nSPS) is 20.8. The number of fused-ring (bicyclic) bond motifs is 1. The topological polar surface area (TPSA) is 76.5 Å².